The third-order valence-electron chi connectivity index (χ3n) is 10.3. The predicted molar refractivity (Wildman–Crippen MR) is 173 cm³/mol. The number of carboxylic acid groups (broad SMARTS) is 1. The Morgan fingerprint density at radius 3 is 2.15 bits per heavy atom. The van der Waals surface area contributed by atoms with Crippen LogP contribution in [-0.2, 0) is 17.6 Å². The van der Waals surface area contributed by atoms with Crippen molar-refractivity contribution in [2.45, 2.75) is 89.4 Å². The van der Waals surface area contributed by atoms with Crippen LogP contribution in [0.2, 0.25) is 0 Å². The third-order valence-corrected chi connectivity index (χ3v) is 10.3. The number of carbonyl (C=O) groups is 2. The quantitative estimate of drug-likeness (QED) is 0.217. The van der Waals surface area contributed by atoms with Crippen LogP contribution in [-0.4, -0.2) is 65.2 Å². The van der Waals surface area contributed by atoms with Crippen molar-refractivity contribution in [3.8, 4) is 33.6 Å². The predicted octanol–water partition coefficient (Wildman–Crippen LogP) is 7.51. The molecule has 10 nitrogen and oxygen atoms in total. The third kappa shape index (κ3) is 4.94. The van der Waals surface area contributed by atoms with Gasteiger partial charge in [0.2, 0.25) is 0 Å². The number of imidazole rings is 2. The van der Waals surface area contributed by atoms with Crippen LogP contribution < -0.4 is 0 Å². The van der Waals surface area contributed by atoms with Crippen LogP contribution in [0.4, 0.5) is 9.59 Å². The van der Waals surface area contributed by atoms with E-state index in [1.807, 2.05) is 33.2 Å². The van der Waals surface area contributed by atoms with Crippen molar-refractivity contribution in [3.05, 3.63) is 71.6 Å². The maximum absolute atomic E-state index is 12.8. The van der Waals surface area contributed by atoms with Gasteiger partial charge in [-0.1, -0.05) is 24.3 Å². The van der Waals surface area contributed by atoms with E-state index in [0.717, 1.165) is 79.1 Å². The number of piperidine rings is 1. The zero-order valence-corrected chi connectivity index (χ0v) is 26.5. The lowest BCUT2D eigenvalue weighted by Gasteiger charge is -2.31. The first kappa shape index (κ1) is 28.8. The standard InChI is InChI=1S/C36H40N6O4/c1-36(2,3)46-35(45)41-14-4-5-30(41)32-37-18-28(39-32)22-9-12-26-20(15-22)6-7-21-16-23(10-13-27(21)26)29-19-38-33(40-29)31-24-8-11-25(17-24)42(31)34(43)44/h9-10,12-13,15-16,18-19,24-25,30-31H,4-8,11,14,17H2,1-3H3,(H,37,39)(H,38,40)(H,43,44)/t24-,25+,30-,31-/m0/s1. The average molecular weight is 621 g/mol. The molecule has 0 spiro atoms. The SMILES string of the molecule is CC(C)(C)OC(=O)N1CCC[C@H]1c1ncc(-c2ccc3c(c2)CCc2cc(-c4cnc([C@@H]5[C@H]6CC[C@H](C6)N5C(=O)O)[nH]4)ccc2-3)[nH]1. The molecule has 238 valence electrons. The number of aromatic nitrogens is 4. The summed E-state index contributed by atoms with van der Waals surface area (Å²) in [7, 11) is 0. The Balaban J connectivity index is 1.01. The van der Waals surface area contributed by atoms with Gasteiger partial charge in [0.25, 0.3) is 0 Å². The average Bonchev–Trinajstić information content (AvgIpc) is 3.86. The van der Waals surface area contributed by atoms with Crippen molar-refractivity contribution in [2.24, 2.45) is 5.92 Å². The number of fused-ring (bicyclic) bond motifs is 5. The first-order valence-corrected chi connectivity index (χ1v) is 16.5. The fraction of sp³-hybridized carbons (Fsp3) is 0.444. The van der Waals surface area contributed by atoms with Gasteiger partial charge < -0.3 is 19.8 Å². The van der Waals surface area contributed by atoms with E-state index in [2.05, 4.69) is 51.4 Å². The molecule has 4 aliphatic rings. The van der Waals surface area contributed by atoms with E-state index in [0.29, 0.717) is 12.5 Å². The molecule has 0 radical (unpaired) electrons. The van der Waals surface area contributed by atoms with E-state index >= 15 is 0 Å². The zero-order chi connectivity index (χ0) is 31.7. The number of rotatable bonds is 4. The van der Waals surface area contributed by atoms with Gasteiger partial charge in [0.1, 0.15) is 17.2 Å². The Morgan fingerprint density at radius 2 is 1.52 bits per heavy atom. The Labute approximate surface area is 268 Å². The highest BCUT2D eigenvalue weighted by Gasteiger charge is 2.50. The minimum atomic E-state index is -0.850. The van der Waals surface area contributed by atoms with Gasteiger partial charge in [-0.2, -0.15) is 0 Å². The van der Waals surface area contributed by atoms with Crippen LogP contribution in [0, 0.1) is 5.92 Å². The summed E-state index contributed by atoms with van der Waals surface area (Å²) >= 11 is 0. The number of nitrogens with zero attached hydrogens (tertiary/aromatic N) is 4. The monoisotopic (exact) mass is 620 g/mol. The zero-order valence-electron chi connectivity index (χ0n) is 26.5. The summed E-state index contributed by atoms with van der Waals surface area (Å²) in [6.07, 6.45) is 9.17. The van der Waals surface area contributed by atoms with Crippen LogP contribution in [0.15, 0.2) is 48.8 Å². The second kappa shape index (κ2) is 10.7. The number of amides is 2. The van der Waals surface area contributed by atoms with Crippen LogP contribution in [0.25, 0.3) is 33.6 Å². The largest absolute Gasteiger partial charge is 0.465 e. The molecule has 2 aliphatic carbocycles. The van der Waals surface area contributed by atoms with E-state index < -0.39 is 11.7 Å². The summed E-state index contributed by atoms with van der Waals surface area (Å²) in [5, 5.41) is 9.85. The maximum atomic E-state index is 12.8. The Hall–Kier alpha value is -4.60. The number of hydrogen-bond donors (Lipinski definition) is 3. The van der Waals surface area contributed by atoms with Crippen LogP contribution in [0.3, 0.4) is 0 Å². The molecule has 2 bridgehead atoms. The highest BCUT2D eigenvalue weighted by atomic mass is 16.6. The molecule has 4 atom stereocenters. The fourth-order valence-corrected chi connectivity index (χ4v) is 8.22. The van der Waals surface area contributed by atoms with Crippen molar-refractivity contribution < 1.29 is 19.4 Å². The van der Waals surface area contributed by atoms with Gasteiger partial charge in [-0.05, 0) is 117 Å². The Kier molecular flexibility index (Phi) is 6.74. The topological polar surface area (TPSA) is 127 Å². The van der Waals surface area contributed by atoms with Gasteiger partial charge in [-0.3, -0.25) is 9.80 Å². The summed E-state index contributed by atoms with van der Waals surface area (Å²) < 4.78 is 5.65. The highest BCUT2D eigenvalue weighted by molar-refractivity contribution is 5.79. The number of carbonyl (C=O) groups excluding carboxylic acids is 1. The van der Waals surface area contributed by atoms with Crippen LogP contribution >= 0.6 is 0 Å². The van der Waals surface area contributed by atoms with Gasteiger partial charge in [0.15, 0.2) is 0 Å². The molecule has 8 rings (SSSR count). The number of aryl methyl sites for hydroxylation is 2. The molecule has 2 saturated heterocycles. The van der Waals surface area contributed by atoms with E-state index in [4.69, 9.17) is 9.72 Å². The summed E-state index contributed by atoms with van der Waals surface area (Å²) in [6.45, 7) is 6.34. The summed E-state index contributed by atoms with van der Waals surface area (Å²) in [6, 6.07) is 13.0. The molecule has 46 heavy (non-hydrogen) atoms. The molecule has 2 amide bonds. The number of ether oxygens (including phenoxy) is 1. The normalized spacial score (nSPS) is 23.5. The minimum Gasteiger partial charge on any atom is -0.465 e. The van der Waals surface area contributed by atoms with E-state index in [-0.39, 0.29) is 24.2 Å². The molecule has 2 aliphatic heterocycles. The summed E-state index contributed by atoms with van der Waals surface area (Å²) in [5.74, 6) is 1.90. The van der Waals surface area contributed by atoms with E-state index in [1.165, 1.54) is 22.3 Å². The molecule has 0 unspecified atom stereocenters. The van der Waals surface area contributed by atoms with E-state index in [1.54, 1.807) is 9.80 Å². The Morgan fingerprint density at radius 1 is 0.891 bits per heavy atom. The highest BCUT2D eigenvalue weighted by Crippen LogP contribution is 2.49. The Bertz CT molecular complexity index is 1840. The number of benzene rings is 2. The van der Waals surface area contributed by atoms with Crippen molar-refractivity contribution in [3.63, 3.8) is 0 Å². The molecule has 3 fully saturated rings. The van der Waals surface area contributed by atoms with Crippen molar-refractivity contribution in [1.82, 2.24) is 29.7 Å². The van der Waals surface area contributed by atoms with Crippen molar-refractivity contribution >= 4 is 12.2 Å². The molecule has 2 aromatic carbocycles. The lowest BCUT2D eigenvalue weighted by molar-refractivity contribution is 0.0218. The van der Waals surface area contributed by atoms with Gasteiger partial charge >= 0.3 is 12.2 Å². The second-order valence-electron chi connectivity index (χ2n) is 14.3. The minimum absolute atomic E-state index is 0.113. The smallest absolute Gasteiger partial charge is 0.410 e. The summed E-state index contributed by atoms with van der Waals surface area (Å²) in [4.78, 5) is 44.6. The van der Waals surface area contributed by atoms with Crippen LogP contribution in [0.1, 0.15) is 87.7 Å². The first-order valence-electron chi connectivity index (χ1n) is 16.5. The summed E-state index contributed by atoms with van der Waals surface area (Å²) in [5.41, 5.74) is 8.58. The molecule has 3 N–H and O–H groups in total. The maximum Gasteiger partial charge on any atom is 0.410 e. The van der Waals surface area contributed by atoms with Crippen LogP contribution in [0.5, 0.6) is 0 Å². The van der Waals surface area contributed by atoms with Gasteiger partial charge in [-0.15, -0.1) is 0 Å². The molecular weight excluding hydrogens is 580 g/mol. The lowest BCUT2D eigenvalue weighted by Crippen LogP contribution is -2.39. The first-order chi connectivity index (χ1) is 22.1. The van der Waals surface area contributed by atoms with E-state index in [9.17, 15) is 14.7 Å². The van der Waals surface area contributed by atoms with Gasteiger partial charge in [-0.25, -0.2) is 19.6 Å². The molecule has 4 heterocycles. The number of hydrogen-bond acceptors (Lipinski definition) is 5. The fourth-order valence-electron chi connectivity index (χ4n) is 8.22. The van der Waals surface area contributed by atoms with Gasteiger partial charge in [0.05, 0.1) is 35.9 Å². The molecule has 2 aromatic heterocycles. The number of aromatic amines is 2. The molecule has 10 heteroatoms. The molecular formula is C36H40N6O4. The second-order valence-corrected chi connectivity index (χ2v) is 14.3. The number of likely N-dealkylation sites (tertiary alicyclic amines) is 2. The number of H-pyrrole nitrogens is 2. The lowest BCUT2D eigenvalue weighted by atomic mass is 9.83. The van der Waals surface area contributed by atoms with Gasteiger partial charge in [0, 0.05) is 12.6 Å². The van der Waals surface area contributed by atoms with Crippen molar-refractivity contribution in [1.29, 1.82) is 0 Å². The van der Waals surface area contributed by atoms with Crippen molar-refractivity contribution in [2.75, 3.05) is 6.54 Å². The number of nitrogens with one attached hydrogen (secondary N) is 2. The molecule has 4 aromatic rings. The molecule has 1 saturated carbocycles.